The number of carbonyl (C=O) groups is 3. The van der Waals surface area contributed by atoms with Crippen LogP contribution in [0.3, 0.4) is 0 Å². The van der Waals surface area contributed by atoms with Gasteiger partial charge in [0.25, 0.3) is 17.5 Å². The van der Waals surface area contributed by atoms with Crippen LogP contribution in [-0.4, -0.2) is 34.1 Å². The fraction of sp³-hybridized carbons (Fsp3) is 0.118. The molecule has 0 fully saturated rings. The van der Waals surface area contributed by atoms with E-state index in [4.69, 9.17) is 0 Å². The lowest BCUT2D eigenvalue weighted by molar-refractivity contribution is -0.385. The highest BCUT2D eigenvalue weighted by molar-refractivity contribution is 14.1. The first-order valence-electron chi connectivity index (χ1n) is 7.49. The summed E-state index contributed by atoms with van der Waals surface area (Å²) in [6.07, 6.45) is 0. The highest BCUT2D eigenvalue weighted by Crippen LogP contribution is 2.30. The Morgan fingerprint density at radius 2 is 1.96 bits per heavy atom. The molecule has 1 heterocycles. The molecule has 1 N–H and O–H groups in total. The van der Waals surface area contributed by atoms with E-state index in [-0.39, 0.29) is 11.1 Å². The average molecular weight is 465 g/mol. The Bertz CT molecular complexity index is 973. The maximum absolute atomic E-state index is 12.4. The van der Waals surface area contributed by atoms with Crippen molar-refractivity contribution >= 4 is 51.7 Å². The number of rotatable bonds is 4. The number of nitrogens with one attached hydrogen (secondary N) is 1. The smallest absolute Gasteiger partial charge is 0.282 e. The number of hydrogen-bond acceptors (Lipinski definition) is 5. The van der Waals surface area contributed by atoms with Crippen molar-refractivity contribution in [3.63, 3.8) is 0 Å². The molecule has 0 spiro atoms. The van der Waals surface area contributed by atoms with Gasteiger partial charge >= 0.3 is 0 Å². The quantitative estimate of drug-likeness (QED) is 0.323. The number of carbonyl (C=O) groups excluding carboxylic acids is 3. The van der Waals surface area contributed by atoms with Crippen molar-refractivity contribution in [2.45, 2.75) is 6.92 Å². The largest absolute Gasteiger partial charge is 0.324 e. The zero-order chi connectivity index (χ0) is 19.0. The lowest BCUT2D eigenvalue weighted by Crippen LogP contribution is -2.37. The fourth-order valence-electron chi connectivity index (χ4n) is 2.63. The van der Waals surface area contributed by atoms with Crippen LogP contribution in [0, 0.1) is 20.6 Å². The molecule has 0 saturated carbocycles. The summed E-state index contributed by atoms with van der Waals surface area (Å²) in [6.45, 7) is 1.41. The third-order valence-corrected chi connectivity index (χ3v) is 5.09. The van der Waals surface area contributed by atoms with E-state index in [1.165, 1.54) is 12.1 Å². The van der Waals surface area contributed by atoms with Gasteiger partial charge in [-0.15, -0.1) is 0 Å². The number of benzene rings is 2. The maximum atomic E-state index is 12.4. The van der Waals surface area contributed by atoms with Crippen LogP contribution < -0.4 is 5.32 Å². The number of anilines is 1. The molecular weight excluding hydrogens is 453 g/mol. The number of nitro benzene ring substituents is 1. The Kier molecular flexibility index (Phi) is 4.72. The molecule has 3 amide bonds. The first kappa shape index (κ1) is 18.0. The number of nitrogens with zero attached hydrogens (tertiary/aromatic N) is 2. The lowest BCUT2D eigenvalue weighted by Gasteiger charge is -2.14. The van der Waals surface area contributed by atoms with Crippen molar-refractivity contribution in [2.24, 2.45) is 0 Å². The first-order valence-corrected chi connectivity index (χ1v) is 8.57. The van der Waals surface area contributed by atoms with Crippen LogP contribution >= 0.6 is 22.6 Å². The summed E-state index contributed by atoms with van der Waals surface area (Å²) in [5, 5.41) is 13.7. The Morgan fingerprint density at radius 1 is 1.23 bits per heavy atom. The third-order valence-electron chi connectivity index (χ3n) is 3.93. The zero-order valence-electron chi connectivity index (χ0n) is 13.5. The van der Waals surface area contributed by atoms with Gasteiger partial charge in [-0.25, -0.2) is 0 Å². The Hall–Kier alpha value is -2.82. The summed E-state index contributed by atoms with van der Waals surface area (Å²) >= 11 is 2.13. The standard InChI is InChI=1S/C17H12IN3O5/c1-9-5-6-10(7-12(9)18)19-14(22)8-20-16(23)11-3-2-4-13(21(25)26)15(11)17(20)24/h2-7H,8H2,1H3,(H,19,22). The average Bonchev–Trinajstić information content (AvgIpc) is 2.83. The van der Waals surface area contributed by atoms with E-state index in [0.717, 1.165) is 15.2 Å². The van der Waals surface area contributed by atoms with Crippen LogP contribution in [0.2, 0.25) is 0 Å². The Morgan fingerprint density at radius 3 is 2.62 bits per heavy atom. The minimum Gasteiger partial charge on any atom is -0.324 e. The molecule has 1 aliphatic heterocycles. The topological polar surface area (TPSA) is 110 Å². The number of hydrogen-bond donors (Lipinski definition) is 1. The molecule has 0 aliphatic carbocycles. The Labute approximate surface area is 161 Å². The first-order chi connectivity index (χ1) is 12.3. The molecule has 0 aromatic heterocycles. The van der Waals surface area contributed by atoms with Crippen LogP contribution in [-0.2, 0) is 4.79 Å². The van der Waals surface area contributed by atoms with E-state index in [9.17, 15) is 24.5 Å². The lowest BCUT2D eigenvalue weighted by atomic mass is 10.1. The van der Waals surface area contributed by atoms with Crippen molar-refractivity contribution in [1.82, 2.24) is 4.90 Å². The molecule has 0 saturated heterocycles. The van der Waals surface area contributed by atoms with Crippen LogP contribution in [0.15, 0.2) is 36.4 Å². The van der Waals surface area contributed by atoms with Crippen molar-refractivity contribution in [3.8, 4) is 0 Å². The van der Waals surface area contributed by atoms with Gasteiger partial charge < -0.3 is 5.32 Å². The third kappa shape index (κ3) is 3.17. The zero-order valence-corrected chi connectivity index (χ0v) is 15.6. The maximum Gasteiger partial charge on any atom is 0.282 e. The highest BCUT2D eigenvalue weighted by Gasteiger charge is 2.41. The molecule has 132 valence electrons. The van der Waals surface area contributed by atoms with Crippen molar-refractivity contribution < 1.29 is 19.3 Å². The predicted octanol–water partition coefficient (Wildman–Crippen LogP) is 2.74. The van der Waals surface area contributed by atoms with Gasteiger partial charge in [-0.3, -0.25) is 29.4 Å². The monoisotopic (exact) mass is 465 g/mol. The van der Waals surface area contributed by atoms with Crippen molar-refractivity contribution in [1.29, 1.82) is 0 Å². The van der Waals surface area contributed by atoms with Gasteiger partial charge in [0, 0.05) is 15.3 Å². The molecule has 0 unspecified atom stereocenters. The highest BCUT2D eigenvalue weighted by atomic mass is 127. The van der Waals surface area contributed by atoms with Gasteiger partial charge in [-0.05, 0) is 53.3 Å². The van der Waals surface area contributed by atoms with E-state index in [2.05, 4.69) is 27.9 Å². The molecular formula is C17H12IN3O5. The number of aryl methyl sites for hydroxylation is 1. The van der Waals surface area contributed by atoms with E-state index < -0.39 is 34.9 Å². The fourth-order valence-corrected chi connectivity index (χ4v) is 3.14. The second kappa shape index (κ2) is 6.83. The number of nitro groups is 1. The molecule has 3 rings (SSSR count). The minimum absolute atomic E-state index is 0.0677. The summed E-state index contributed by atoms with van der Waals surface area (Å²) in [7, 11) is 0. The number of amides is 3. The number of imide groups is 1. The van der Waals surface area contributed by atoms with Gasteiger partial charge in [0.05, 0.1) is 10.5 Å². The van der Waals surface area contributed by atoms with E-state index in [0.29, 0.717) is 10.6 Å². The molecule has 1 aliphatic rings. The molecule has 0 atom stereocenters. The summed E-state index contributed by atoms with van der Waals surface area (Å²) in [5.41, 5.74) is 0.794. The van der Waals surface area contributed by atoms with Gasteiger partial charge in [0.1, 0.15) is 12.1 Å². The van der Waals surface area contributed by atoms with Crippen LogP contribution in [0.25, 0.3) is 0 Å². The molecule has 0 radical (unpaired) electrons. The molecule has 26 heavy (non-hydrogen) atoms. The van der Waals surface area contributed by atoms with Gasteiger partial charge in [0.2, 0.25) is 5.91 Å². The molecule has 0 bridgehead atoms. The molecule has 2 aromatic carbocycles. The second-order valence-corrected chi connectivity index (χ2v) is 6.83. The van der Waals surface area contributed by atoms with E-state index >= 15 is 0 Å². The van der Waals surface area contributed by atoms with E-state index in [1.54, 1.807) is 12.1 Å². The minimum atomic E-state index is -0.842. The van der Waals surface area contributed by atoms with Gasteiger partial charge in [0.15, 0.2) is 0 Å². The summed E-state index contributed by atoms with van der Waals surface area (Å²) < 4.78 is 0.955. The Balaban J connectivity index is 1.80. The van der Waals surface area contributed by atoms with E-state index in [1.807, 2.05) is 13.0 Å². The number of halogens is 1. The summed E-state index contributed by atoms with van der Waals surface area (Å²) in [6, 6.07) is 9.14. The summed E-state index contributed by atoms with van der Waals surface area (Å²) in [5.74, 6) is -2.13. The van der Waals surface area contributed by atoms with Crippen LogP contribution in [0.1, 0.15) is 26.3 Å². The number of fused-ring (bicyclic) bond motifs is 1. The van der Waals surface area contributed by atoms with Crippen LogP contribution in [0.4, 0.5) is 11.4 Å². The summed E-state index contributed by atoms with van der Waals surface area (Å²) in [4.78, 5) is 48.1. The normalized spacial score (nSPS) is 12.9. The van der Waals surface area contributed by atoms with Crippen molar-refractivity contribution in [3.05, 3.63) is 66.8 Å². The molecule has 8 nitrogen and oxygen atoms in total. The second-order valence-electron chi connectivity index (χ2n) is 5.67. The molecule has 9 heteroatoms. The van der Waals surface area contributed by atoms with Crippen LogP contribution in [0.5, 0.6) is 0 Å². The predicted molar refractivity (Wildman–Crippen MR) is 101 cm³/mol. The van der Waals surface area contributed by atoms with Crippen molar-refractivity contribution in [2.75, 3.05) is 11.9 Å². The SMILES string of the molecule is Cc1ccc(NC(=O)CN2C(=O)c3cccc([N+](=O)[O-])c3C2=O)cc1I. The van der Waals surface area contributed by atoms with Gasteiger partial charge in [-0.2, -0.15) is 0 Å². The molecule has 2 aromatic rings. The van der Waals surface area contributed by atoms with Gasteiger partial charge in [-0.1, -0.05) is 12.1 Å².